The predicted molar refractivity (Wildman–Crippen MR) is 81.2 cm³/mol. The zero-order valence-electron chi connectivity index (χ0n) is 13.3. The van der Waals surface area contributed by atoms with Crippen LogP contribution in [0.5, 0.6) is 0 Å². The number of nitrogens with zero attached hydrogens (tertiary/aromatic N) is 5. The Kier molecular flexibility index (Phi) is 4.77. The first kappa shape index (κ1) is 17.1. The van der Waals surface area contributed by atoms with Gasteiger partial charge in [-0.3, -0.25) is 14.3 Å². The average Bonchev–Trinajstić information content (AvgIpc) is 3.23. The van der Waals surface area contributed by atoms with Crippen LogP contribution in [0.2, 0.25) is 0 Å². The highest BCUT2D eigenvalue weighted by atomic mass is 19.3. The molecule has 10 heteroatoms. The summed E-state index contributed by atoms with van der Waals surface area (Å²) in [7, 11) is 0. The lowest BCUT2D eigenvalue weighted by Crippen LogP contribution is -2.40. The summed E-state index contributed by atoms with van der Waals surface area (Å²) in [5, 5.41) is 16.6. The quantitative estimate of drug-likeness (QED) is 0.881. The molecule has 1 N–H and O–H groups in total. The van der Waals surface area contributed by atoms with Gasteiger partial charge in [-0.2, -0.15) is 19.0 Å². The van der Waals surface area contributed by atoms with E-state index in [2.05, 4.69) is 10.2 Å². The first-order valence-corrected chi connectivity index (χ1v) is 7.82. The lowest BCUT2D eigenvalue weighted by molar-refractivity contribution is -0.137. The van der Waals surface area contributed by atoms with E-state index in [1.807, 2.05) is 0 Å². The molecule has 134 valence electrons. The molecule has 1 aliphatic rings. The van der Waals surface area contributed by atoms with Crippen LogP contribution in [0.3, 0.4) is 0 Å². The number of aliphatic carboxylic acids is 1. The fraction of sp³-hybridized carbons (Fsp3) is 0.467. The molecular formula is C15H17F2N5O3. The number of hydrogen-bond acceptors (Lipinski definition) is 4. The van der Waals surface area contributed by atoms with Gasteiger partial charge in [0.25, 0.3) is 5.91 Å². The van der Waals surface area contributed by atoms with Crippen LogP contribution in [0, 0.1) is 0 Å². The molecule has 3 rings (SSSR count). The minimum Gasteiger partial charge on any atom is -0.480 e. The molecule has 0 aromatic carbocycles. The van der Waals surface area contributed by atoms with Gasteiger partial charge in [-0.15, -0.1) is 0 Å². The van der Waals surface area contributed by atoms with Gasteiger partial charge in [0.2, 0.25) is 0 Å². The van der Waals surface area contributed by atoms with E-state index in [-0.39, 0.29) is 18.2 Å². The van der Waals surface area contributed by atoms with Gasteiger partial charge in [-0.1, -0.05) is 0 Å². The third-order valence-corrected chi connectivity index (χ3v) is 4.19. The lowest BCUT2D eigenvalue weighted by Gasteiger charge is -2.32. The summed E-state index contributed by atoms with van der Waals surface area (Å²) >= 11 is 0. The van der Waals surface area contributed by atoms with Crippen molar-refractivity contribution in [3.63, 3.8) is 0 Å². The van der Waals surface area contributed by atoms with Crippen molar-refractivity contribution in [2.45, 2.75) is 31.9 Å². The van der Waals surface area contributed by atoms with Gasteiger partial charge < -0.3 is 10.0 Å². The zero-order valence-corrected chi connectivity index (χ0v) is 13.3. The van der Waals surface area contributed by atoms with Crippen molar-refractivity contribution in [3.8, 4) is 0 Å². The predicted octanol–water partition coefficient (Wildman–Crippen LogP) is 1.58. The minimum absolute atomic E-state index is 0.0278. The van der Waals surface area contributed by atoms with Crippen LogP contribution in [-0.2, 0) is 11.3 Å². The van der Waals surface area contributed by atoms with Crippen molar-refractivity contribution in [2.24, 2.45) is 0 Å². The number of aromatic nitrogens is 4. The van der Waals surface area contributed by atoms with Crippen molar-refractivity contribution in [1.82, 2.24) is 24.5 Å². The maximum atomic E-state index is 12.6. The second-order valence-electron chi connectivity index (χ2n) is 5.86. The molecule has 3 heterocycles. The van der Waals surface area contributed by atoms with Crippen molar-refractivity contribution < 1.29 is 23.5 Å². The van der Waals surface area contributed by atoms with E-state index >= 15 is 0 Å². The van der Waals surface area contributed by atoms with Crippen LogP contribution in [0.15, 0.2) is 24.5 Å². The normalized spacial score (nSPS) is 17.9. The highest BCUT2D eigenvalue weighted by molar-refractivity contribution is 5.92. The number of likely N-dealkylation sites (tertiary alicyclic amines) is 1. The molecule has 1 atom stereocenters. The number of piperidine rings is 1. The molecular weight excluding hydrogens is 336 g/mol. The second kappa shape index (κ2) is 6.99. The van der Waals surface area contributed by atoms with Gasteiger partial charge in [-0.25, -0.2) is 4.68 Å². The van der Waals surface area contributed by atoms with Gasteiger partial charge in [0, 0.05) is 37.1 Å². The van der Waals surface area contributed by atoms with Crippen molar-refractivity contribution in [3.05, 3.63) is 35.9 Å². The maximum absolute atomic E-state index is 12.6. The van der Waals surface area contributed by atoms with E-state index in [1.54, 1.807) is 11.0 Å². The number of rotatable bonds is 5. The van der Waals surface area contributed by atoms with Crippen LogP contribution in [0.4, 0.5) is 8.78 Å². The zero-order chi connectivity index (χ0) is 18.0. The first-order valence-electron chi connectivity index (χ1n) is 7.82. The Morgan fingerprint density at radius 3 is 2.84 bits per heavy atom. The maximum Gasteiger partial charge on any atom is 0.333 e. The summed E-state index contributed by atoms with van der Waals surface area (Å²) in [4.78, 5) is 25.0. The molecule has 1 saturated heterocycles. The van der Waals surface area contributed by atoms with Crippen LogP contribution in [0.25, 0.3) is 0 Å². The number of hydrogen-bond donors (Lipinski definition) is 1. The summed E-state index contributed by atoms with van der Waals surface area (Å²) in [6.07, 6.45) is 4.12. The van der Waals surface area contributed by atoms with E-state index in [9.17, 15) is 18.4 Å². The lowest BCUT2D eigenvalue weighted by atomic mass is 9.94. The second-order valence-corrected chi connectivity index (χ2v) is 5.86. The summed E-state index contributed by atoms with van der Waals surface area (Å²) < 4.78 is 27.1. The Morgan fingerprint density at radius 2 is 2.16 bits per heavy atom. The molecule has 0 unspecified atom stereocenters. The fourth-order valence-electron chi connectivity index (χ4n) is 3.08. The van der Waals surface area contributed by atoms with Crippen LogP contribution < -0.4 is 0 Å². The summed E-state index contributed by atoms with van der Waals surface area (Å²) in [5.74, 6) is -1.46. The Labute approximate surface area is 141 Å². The molecule has 0 radical (unpaired) electrons. The third-order valence-electron chi connectivity index (χ3n) is 4.19. The van der Waals surface area contributed by atoms with Gasteiger partial charge in [-0.05, 0) is 25.0 Å². The number of carboxylic acids is 1. The topological polar surface area (TPSA) is 93.3 Å². The van der Waals surface area contributed by atoms with Gasteiger partial charge in [0.05, 0.1) is 0 Å². The van der Waals surface area contributed by atoms with Crippen LogP contribution in [-0.4, -0.2) is 54.5 Å². The number of amides is 1. The van der Waals surface area contributed by atoms with Crippen molar-refractivity contribution >= 4 is 11.9 Å². The molecule has 0 spiro atoms. The van der Waals surface area contributed by atoms with Crippen molar-refractivity contribution in [1.29, 1.82) is 0 Å². The van der Waals surface area contributed by atoms with E-state index in [0.717, 1.165) is 24.7 Å². The fourth-order valence-corrected chi connectivity index (χ4v) is 3.08. The standard InChI is InChI=1S/C15H17F2N5O3/c16-15(17)21-7-4-11(19-21)14(25)20-6-1-2-10(8-20)12-3-5-18-22(12)9-13(23)24/h3-5,7,10,15H,1-2,6,8-9H2,(H,23,24)/t10-/m1/s1. The molecule has 1 fully saturated rings. The summed E-state index contributed by atoms with van der Waals surface area (Å²) in [6.45, 7) is -2.16. The Balaban J connectivity index is 1.73. The van der Waals surface area contributed by atoms with Gasteiger partial charge in [0.1, 0.15) is 6.54 Å². The Morgan fingerprint density at radius 1 is 1.36 bits per heavy atom. The minimum atomic E-state index is -2.79. The van der Waals surface area contributed by atoms with E-state index < -0.39 is 18.4 Å². The van der Waals surface area contributed by atoms with E-state index in [0.29, 0.717) is 17.8 Å². The number of alkyl halides is 2. The highest BCUT2D eigenvalue weighted by Gasteiger charge is 2.29. The molecule has 1 aliphatic heterocycles. The van der Waals surface area contributed by atoms with E-state index in [4.69, 9.17) is 5.11 Å². The monoisotopic (exact) mass is 353 g/mol. The Hall–Kier alpha value is -2.78. The van der Waals surface area contributed by atoms with E-state index in [1.165, 1.54) is 16.9 Å². The number of halogens is 2. The average molecular weight is 353 g/mol. The van der Waals surface area contributed by atoms with Crippen molar-refractivity contribution in [2.75, 3.05) is 13.1 Å². The van der Waals surface area contributed by atoms with Crippen LogP contribution >= 0.6 is 0 Å². The number of carbonyl (C=O) groups excluding carboxylic acids is 1. The molecule has 2 aromatic rings. The largest absolute Gasteiger partial charge is 0.480 e. The number of carbonyl (C=O) groups is 2. The summed E-state index contributed by atoms with van der Waals surface area (Å²) in [6, 6.07) is 3.01. The van der Waals surface area contributed by atoms with Gasteiger partial charge in [0.15, 0.2) is 5.69 Å². The molecule has 8 nitrogen and oxygen atoms in total. The smallest absolute Gasteiger partial charge is 0.333 e. The summed E-state index contributed by atoms with van der Waals surface area (Å²) in [5.41, 5.74) is 0.720. The first-order chi connectivity index (χ1) is 12.0. The molecule has 25 heavy (non-hydrogen) atoms. The molecule has 0 saturated carbocycles. The Bertz CT molecular complexity index is 773. The third kappa shape index (κ3) is 3.67. The molecule has 2 aromatic heterocycles. The van der Waals surface area contributed by atoms with Crippen LogP contribution in [0.1, 0.15) is 41.5 Å². The van der Waals surface area contributed by atoms with Gasteiger partial charge >= 0.3 is 12.5 Å². The SMILES string of the molecule is O=C(O)Cn1nccc1[C@@H]1CCCN(C(=O)c2ccn(C(F)F)n2)C1. The molecule has 0 bridgehead atoms. The molecule has 0 aliphatic carbocycles. The highest BCUT2D eigenvalue weighted by Crippen LogP contribution is 2.27. The molecule has 1 amide bonds. The number of carboxylic acid groups (broad SMARTS) is 1.